The Labute approximate surface area is 197 Å². The van der Waals surface area contributed by atoms with Crippen molar-refractivity contribution in [3.05, 3.63) is 86.2 Å². The van der Waals surface area contributed by atoms with E-state index in [2.05, 4.69) is 9.97 Å². The average molecular weight is 484 g/mol. The van der Waals surface area contributed by atoms with Crippen molar-refractivity contribution in [2.24, 2.45) is 0 Å². The number of thioether (sulfide) groups is 1. The lowest BCUT2D eigenvalue weighted by Crippen LogP contribution is -2.22. The molecule has 0 bridgehead atoms. The fourth-order valence-electron chi connectivity index (χ4n) is 3.82. The Kier molecular flexibility index (Phi) is 6.23. The molecule has 1 N–H and O–H groups in total. The molecule has 0 saturated heterocycles. The van der Waals surface area contributed by atoms with Gasteiger partial charge in [0.1, 0.15) is 5.82 Å². The lowest BCUT2D eigenvalue weighted by Gasteiger charge is -2.13. The van der Waals surface area contributed by atoms with E-state index in [-0.39, 0.29) is 33.1 Å². The van der Waals surface area contributed by atoms with Crippen molar-refractivity contribution in [1.82, 2.24) is 14.5 Å². The molecular weight excluding hydrogens is 465 g/mol. The molecule has 0 aliphatic heterocycles. The van der Waals surface area contributed by atoms with E-state index in [1.54, 1.807) is 38.1 Å². The third-order valence-electron chi connectivity index (χ3n) is 5.31. The molecule has 0 aliphatic carbocycles. The van der Waals surface area contributed by atoms with Gasteiger partial charge in [0.15, 0.2) is 16.7 Å². The second-order valence-corrected chi connectivity index (χ2v) is 8.89. The summed E-state index contributed by atoms with van der Waals surface area (Å²) in [7, 11) is 0. The van der Waals surface area contributed by atoms with Crippen LogP contribution in [-0.4, -0.2) is 31.9 Å². The zero-order chi connectivity index (χ0) is 23.9. The number of aromatic nitrogens is 3. The monoisotopic (exact) mass is 483 g/mol. The number of Topliss-reactive ketones (excluding diaryl/α,β-unsaturated/α-hetero) is 2. The van der Waals surface area contributed by atoms with Crippen LogP contribution in [0.5, 0.6) is 0 Å². The maximum absolute atomic E-state index is 13.7. The van der Waals surface area contributed by atoms with Crippen molar-refractivity contribution in [1.29, 1.82) is 0 Å². The lowest BCUT2D eigenvalue weighted by molar-refractivity contribution is 0.101. The highest BCUT2D eigenvalue weighted by atomic mass is 35.5. The number of rotatable bonds is 6. The number of halogens is 2. The molecule has 0 amide bonds. The van der Waals surface area contributed by atoms with Crippen LogP contribution in [-0.2, 0) is 0 Å². The Balaban J connectivity index is 1.77. The minimum atomic E-state index is -0.606. The largest absolute Gasteiger partial charge is 0.355 e. The van der Waals surface area contributed by atoms with Crippen LogP contribution in [0, 0.1) is 19.7 Å². The van der Waals surface area contributed by atoms with Crippen LogP contribution in [0.25, 0.3) is 16.6 Å². The molecule has 33 heavy (non-hydrogen) atoms. The fraction of sp³-hybridized carbons (Fsp3) is 0.167. The van der Waals surface area contributed by atoms with Crippen LogP contribution < -0.4 is 5.56 Å². The molecule has 0 radical (unpaired) electrons. The first-order chi connectivity index (χ1) is 15.7. The number of hydrogen-bond acceptors (Lipinski definition) is 5. The van der Waals surface area contributed by atoms with Gasteiger partial charge in [-0.25, -0.2) is 9.37 Å². The van der Waals surface area contributed by atoms with Gasteiger partial charge in [-0.1, -0.05) is 35.5 Å². The van der Waals surface area contributed by atoms with Crippen molar-refractivity contribution in [2.45, 2.75) is 25.9 Å². The second kappa shape index (κ2) is 8.96. The lowest BCUT2D eigenvalue weighted by atomic mass is 10.1. The molecule has 2 heterocycles. The maximum atomic E-state index is 13.7. The molecule has 4 aromatic rings. The number of nitrogens with zero attached hydrogens (tertiary/aromatic N) is 2. The van der Waals surface area contributed by atoms with Crippen LogP contribution in [0.15, 0.2) is 52.4 Å². The molecule has 2 aromatic heterocycles. The molecule has 4 rings (SSSR count). The highest BCUT2D eigenvalue weighted by Crippen LogP contribution is 2.26. The van der Waals surface area contributed by atoms with Gasteiger partial charge in [-0.2, -0.15) is 0 Å². The SMILES string of the molecule is CC(=O)c1c(C)[nH]c(C(=O)CSc2nc3ccccc3c(=O)n2-c2ccc(F)c(Cl)c2)c1C. The van der Waals surface area contributed by atoms with Crippen molar-refractivity contribution < 1.29 is 14.0 Å². The summed E-state index contributed by atoms with van der Waals surface area (Å²) in [6.07, 6.45) is 0. The predicted octanol–water partition coefficient (Wildman–Crippen LogP) is 5.30. The highest BCUT2D eigenvalue weighted by molar-refractivity contribution is 7.99. The standard InChI is InChI=1S/C24H19ClFN3O3S/c1-12-21(14(3)30)13(2)27-22(12)20(31)11-33-24-28-19-7-5-4-6-16(19)23(32)29(24)15-8-9-18(26)17(25)10-15/h4-10,27H,11H2,1-3H3. The number of carbonyl (C=O) groups is 2. The van der Waals surface area contributed by atoms with E-state index in [0.717, 1.165) is 11.8 Å². The third-order valence-corrected chi connectivity index (χ3v) is 6.54. The van der Waals surface area contributed by atoms with E-state index in [0.29, 0.717) is 39.1 Å². The van der Waals surface area contributed by atoms with Gasteiger partial charge >= 0.3 is 0 Å². The van der Waals surface area contributed by atoms with Gasteiger partial charge in [0, 0.05) is 11.3 Å². The molecule has 6 nitrogen and oxygen atoms in total. The van der Waals surface area contributed by atoms with Crippen molar-refractivity contribution >= 4 is 45.8 Å². The van der Waals surface area contributed by atoms with Crippen molar-refractivity contribution in [3.8, 4) is 5.69 Å². The Morgan fingerprint density at radius 2 is 1.91 bits per heavy atom. The third kappa shape index (κ3) is 4.24. The van der Waals surface area contributed by atoms with Gasteiger partial charge in [0.05, 0.1) is 33.1 Å². The summed E-state index contributed by atoms with van der Waals surface area (Å²) >= 11 is 7.03. The van der Waals surface area contributed by atoms with Crippen LogP contribution >= 0.6 is 23.4 Å². The number of aryl methyl sites for hydroxylation is 1. The Hall–Kier alpha value is -3.23. The first-order valence-corrected chi connectivity index (χ1v) is 11.4. The van der Waals surface area contributed by atoms with Crippen LogP contribution in [0.3, 0.4) is 0 Å². The number of ketones is 2. The zero-order valence-electron chi connectivity index (χ0n) is 18.0. The van der Waals surface area contributed by atoms with Gasteiger partial charge in [0.25, 0.3) is 5.56 Å². The average Bonchev–Trinajstić information content (AvgIpc) is 3.08. The number of benzene rings is 2. The van der Waals surface area contributed by atoms with Gasteiger partial charge < -0.3 is 4.98 Å². The number of nitrogens with one attached hydrogen (secondary N) is 1. The molecule has 0 atom stereocenters. The van der Waals surface area contributed by atoms with Crippen LogP contribution in [0.1, 0.15) is 39.0 Å². The van der Waals surface area contributed by atoms with Crippen LogP contribution in [0.2, 0.25) is 5.02 Å². The molecule has 2 aromatic carbocycles. The molecule has 0 spiro atoms. The first kappa shape index (κ1) is 22.9. The minimum absolute atomic E-state index is 0.0299. The molecule has 168 valence electrons. The number of aromatic amines is 1. The normalized spacial score (nSPS) is 11.2. The number of carbonyl (C=O) groups excluding carboxylic acids is 2. The van der Waals surface area contributed by atoms with Crippen molar-refractivity contribution in [2.75, 3.05) is 5.75 Å². The fourth-order valence-corrected chi connectivity index (χ4v) is 4.88. The summed E-state index contributed by atoms with van der Waals surface area (Å²) < 4.78 is 15.0. The Morgan fingerprint density at radius 1 is 1.18 bits per heavy atom. The molecule has 9 heteroatoms. The topological polar surface area (TPSA) is 84.8 Å². The minimum Gasteiger partial charge on any atom is -0.355 e. The summed E-state index contributed by atoms with van der Waals surface area (Å²) in [6.45, 7) is 4.93. The summed E-state index contributed by atoms with van der Waals surface area (Å²) in [5.41, 5.74) is 2.55. The second-order valence-electron chi connectivity index (χ2n) is 7.54. The van der Waals surface area contributed by atoms with E-state index in [1.165, 1.54) is 29.7 Å². The van der Waals surface area contributed by atoms with E-state index in [9.17, 15) is 18.8 Å². The van der Waals surface area contributed by atoms with Gasteiger partial charge in [-0.3, -0.25) is 19.0 Å². The summed E-state index contributed by atoms with van der Waals surface area (Å²) in [6, 6.07) is 10.8. The number of fused-ring (bicyclic) bond motifs is 1. The van der Waals surface area contributed by atoms with Gasteiger partial charge in [-0.15, -0.1) is 0 Å². The molecule has 0 unspecified atom stereocenters. The Bertz CT molecular complexity index is 1490. The van der Waals surface area contributed by atoms with Crippen molar-refractivity contribution in [3.63, 3.8) is 0 Å². The molecular formula is C24H19ClFN3O3S. The summed E-state index contributed by atoms with van der Waals surface area (Å²) in [5.74, 6) is -0.992. The number of para-hydroxylation sites is 1. The highest BCUT2D eigenvalue weighted by Gasteiger charge is 2.21. The maximum Gasteiger partial charge on any atom is 0.266 e. The molecule has 0 saturated carbocycles. The quantitative estimate of drug-likeness (QED) is 0.228. The zero-order valence-corrected chi connectivity index (χ0v) is 19.6. The molecule has 0 fully saturated rings. The van der Waals surface area contributed by atoms with E-state index in [4.69, 9.17) is 11.6 Å². The number of H-pyrrole nitrogens is 1. The summed E-state index contributed by atoms with van der Waals surface area (Å²) in [5, 5.41) is 0.520. The summed E-state index contributed by atoms with van der Waals surface area (Å²) in [4.78, 5) is 45.7. The predicted molar refractivity (Wildman–Crippen MR) is 128 cm³/mol. The van der Waals surface area contributed by atoms with E-state index < -0.39 is 5.82 Å². The molecule has 0 aliphatic rings. The van der Waals surface area contributed by atoms with Gasteiger partial charge in [0.2, 0.25) is 0 Å². The van der Waals surface area contributed by atoms with E-state index >= 15 is 0 Å². The Morgan fingerprint density at radius 3 is 2.58 bits per heavy atom. The van der Waals surface area contributed by atoms with E-state index in [1.807, 2.05) is 0 Å². The number of hydrogen-bond donors (Lipinski definition) is 1. The smallest absolute Gasteiger partial charge is 0.266 e. The first-order valence-electron chi connectivity index (χ1n) is 10.0. The van der Waals surface area contributed by atoms with Crippen LogP contribution in [0.4, 0.5) is 4.39 Å². The van der Waals surface area contributed by atoms with Gasteiger partial charge in [-0.05, 0) is 56.7 Å².